The average molecular weight is 302 g/mol. The number of rotatable bonds is 2. The molecule has 3 nitrogen and oxygen atoms in total. The lowest BCUT2D eigenvalue weighted by Crippen LogP contribution is -2.15. The van der Waals surface area contributed by atoms with Gasteiger partial charge in [0.2, 0.25) is 0 Å². The number of amides is 1. The summed E-state index contributed by atoms with van der Waals surface area (Å²) < 4.78 is 65.4. The molecular formula is C13H7F5N2O. The summed E-state index contributed by atoms with van der Waals surface area (Å²) >= 11 is 0. The van der Waals surface area contributed by atoms with Crippen LogP contribution < -0.4 is 11.1 Å². The number of hydrogen-bond donors (Lipinski definition) is 2. The zero-order chi connectivity index (χ0) is 15.7. The SMILES string of the molecule is Nc1cc(F)cc(C(=O)Nc2cc(F)c(F)c(F)c2)c1F. The van der Waals surface area contributed by atoms with Crippen LogP contribution in [-0.2, 0) is 0 Å². The summed E-state index contributed by atoms with van der Waals surface area (Å²) in [5, 5.41) is 1.91. The number of nitrogens with two attached hydrogens (primary N) is 1. The third-order valence-corrected chi connectivity index (χ3v) is 2.55. The molecule has 21 heavy (non-hydrogen) atoms. The van der Waals surface area contributed by atoms with Gasteiger partial charge in [-0.1, -0.05) is 0 Å². The van der Waals surface area contributed by atoms with Gasteiger partial charge in [0.15, 0.2) is 23.3 Å². The van der Waals surface area contributed by atoms with Gasteiger partial charge in [-0.05, 0) is 12.1 Å². The molecule has 0 saturated carbocycles. The summed E-state index contributed by atoms with van der Waals surface area (Å²) in [5.41, 5.74) is 3.34. The first-order valence-corrected chi connectivity index (χ1v) is 5.50. The van der Waals surface area contributed by atoms with E-state index in [1.54, 1.807) is 0 Å². The number of carbonyl (C=O) groups excluding carboxylic acids is 1. The lowest BCUT2D eigenvalue weighted by Gasteiger charge is -2.08. The first-order valence-electron chi connectivity index (χ1n) is 5.50. The predicted octanol–water partition coefficient (Wildman–Crippen LogP) is 3.22. The second-order valence-electron chi connectivity index (χ2n) is 4.06. The van der Waals surface area contributed by atoms with Gasteiger partial charge in [0.1, 0.15) is 5.82 Å². The number of nitrogens with one attached hydrogen (secondary N) is 1. The normalized spacial score (nSPS) is 10.5. The molecule has 0 aliphatic rings. The first kappa shape index (κ1) is 14.8. The first-order chi connectivity index (χ1) is 9.79. The second kappa shape index (κ2) is 5.39. The highest BCUT2D eigenvalue weighted by Gasteiger charge is 2.18. The van der Waals surface area contributed by atoms with Gasteiger partial charge in [-0.25, -0.2) is 22.0 Å². The van der Waals surface area contributed by atoms with E-state index >= 15 is 0 Å². The number of nitrogen functional groups attached to an aromatic ring is 1. The molecule has 0 radical (unpaired) electrons. The van der Waals surface area contributed by atoms with Crippen molar-refractivity contribution in [2.24, 2.45) is 0 Å². The van der Waals surface area contributed by atoms with E-state index in [2.05, 4.69) is 0 Å². The van der Waals surface area contributed by atoms with E-state index in [-0.39, 0.29) is 0 Å². The van der Waals surface area contributed by atoms with E-state index in [1.165, 1.54) is 0 Å². The van der Waals surface area contributed by atoms with Crippen molar-refractivity contribution in [3.05, 3.63) is 58.9 Å². The number of benzene rings is 2. The minimum absolute atomic E-state index is 0.460. The van der Waals surface area contributed by atoms with Crippen molar-refractivity contribution >= 4 is 17.3 Å². The number of anilines is 2. The Labute approximate surface area is 115 Å². The molecule has 0 spiro atoms. The van der Waals surface area contributed by atoms with Crippen LogP contribution in [0.1, 0.15) is 10.4 Å². The maximum Gasteiger partial charge on any atom is 0.258 e. The van der Waals surface area contributed by atoms with Gasteiger partial charge in [-0.3, -0.25) is 4.79 Å². The van der Waals surface area contributed by atoms with Gasteiger partial charge in [-0.15, -0.1) is 0 Å². The molecule has 3 N–H and O–H groups in total. The molecule has 2 rings (SSSR count). The number of hydrogen-bond acceptors (Lipinski definition) is 2. The lowest BCUT2D eigenvalue weighted by molar-refractivity contribution is 0.102. The Kier molecular flexibility index (Phi) is 3.79. The lowest BCUT2D eigenvalue weighted by atomic mass is 10.1. The Bertz CT molecular complexity index is 710. The van der Waals surface area contributed by atoms with Crippen molar-refractivity contribution in [1.29, 1.82) is 0 Å². The van der Waals surface area contributed by atoms with Crippen LogP contribution >= 0.6 is 0 Å². The molecule has 0 unspecified atom stereocenters. The average Bonchev–Trinajstić information content (AvgIpc) is 2.39. The van der Waals surface area contributed by atoms with Crippen LogP contribution in [-0.4, -0.2) is 5.91 Å². The molecular weight excluding hydrogens is 295 g/mol. The third kappa shape index (κ3) is 2.93. The maximum absolute atomic E-state index is 13.6. The summed E-state index contributed by atoms with van der Waals surface area (Å²) in [7, 11) is 0. The molecule has 0 saturated heterocycles. The minimum atomic E-state index is -1.71. The second-order valence-corrected chi connectivity index (χ2v) is 4.06. The van der Waals surface area contributed by atoms with Gasteiger partial charge in [0, 0.05) is 17.8 Å². The monoisotopic (exact) mass is 302 g/mol. The smallest absolute Gasteiger partial charge is 0.258 e. The van der Waals surface area contributed by atoms with Gasteiger partial charge in [0.25, 0.3) is 5.91 Å². The fourth-order valence-corrected chi connectivity index (χ4v) is 1.60. The summed E-state index contributed by atoms with van der Waals surface area (Å²) in [6.07, 6.45) is 0. The fourth-order valence-electron chi connectivity index (χ4n) is 1.60. The van der Waals surface area contributed by atoms with E-state index in [0.717, 1.165) is 0 Å². The van der Waals surface area contributed by atoms with E-state index in [4.69, 9.17) is 5.73 Å². The topological polar surface area (TPSA) is 55.1 Å². The molecule has 0 aliphatic heterocycles. The molecule has 2 aromatic carbocycles. The van der Waals surface area contributed by atoms with Gasteiger partial charge < -0.3 is 11.1 Å². The van der Waals surface area contributed by atoms with Crippen LogP contribution in [0.15, 0.2) is 24.3 Å². The molecule has 0 fully saturated rings. The van der Waals surface area contributed by atoms with Crippen molar-refractivity contribution < 1.29 is 26.7 Å². The Morgan fingerprint density at radius 1 is 0.905 bits per heavy atom. The van der Waals surface area contributed by atoms with Crippen LogP contribution in [0.25, 0.3) is 0 Å². The highest BCUT2D eigenvalue weighted by atomic mass is 19.2. The molecule has 0 aromatic heterocycles. The Morgan fingerprint density at radius 3 is 2.05 bits per heavy atom. The van der Waals surface area contributed by atoms with Crippen LogP contribution in [0.4, 0.5) is 33.3 Å². The van der Waals surface area contributed by atoms with Gasteiger partial charge in [0.05, 0.1) is 11.3 Å². The van der Waals surface area contributed by atoms with Crippen molar-refractivity contribution in [3.63, 3.8) is 0 Å². The molecule has 0 heterocycles. The zero-order valence-electron chi connectivity index (χ0n) is 10.2. The molecule has 2 aromatic rings. The Hall–Kier alpha value is -2.64. The fraction of sp³-hybridized carbons (Fsp3) is 0. The number of halogens is 5. The summed E-state index contributed by atoms with van der Waals surface area (Å²) in [4.78, 5) is 11.7. The largest absolute Gasteiger partial charge is 0.396 e. The summed E-state index contributed by atoms with van der Waals surface area (Å²) in [6, 6.07) is 2.23. The van der Waals surface area contributed by atoms with E-state index in [1.807, 2.05) is 5.32 Å². The molecule has 1 amide bonds. The standard InChI is InChI=1S/C13H7F5N2O/c14-5-1-7(11(17)10(19)2-5)13(21)20-6-3-8(15)12(18)9(16)4-6/h1-4H,19H2,(H,20,21). The maximum atomic E-state index is 13.6. The van der Waals surface area contributed by atoms with Crippen LogP contribution in [0.3, 0.4) is 0 Å². The van der Waals surface area contributed by atoms with Gasteiger partial charge >= 0.3 is 0 Å². The molecule has 110 valence electrons. The highest BCUT2D eigenvalue weighted by molar-refractivity contribution is 6.05. The number of carbonyl (C=O) groups is 1. The Balaban J connectivity index is 2.35. The molecule has 0 aliphatic carbocycles. The predicted molar refractivity (Wildman–Crippen MR) is 65.0 cm³/mol. The van der Waals surface area contributed by atoms with E-state index in [0.29, 0.717) is 24.3 Å². The quantitative estimate of drug-likeness (QED) is 0.508. The highest BCUT2D eigenvalue weighted by Crippen LogP contribution is 2.21. The van der Waals surface area contributed by atoms with Gasteiger partial charge in [-0.2, -0.15) is 0 Å². The van der Waals surface area contributed by atoms with Crippen LogP contribution in [0.5, 0.6) is 0 Å². The summed E-state index contributed by atoms with van der Waals surface area (Å²) in [6.45, 7) is 0. The molecule has 0 atom stereocenters. The Morgan fingerprint density at radius 2 is 1.48 bits per heavy atom. The van der Waals surface area contributed by atoms with Crippen molar-refractivity contribution in [3.8, 4) is 0 Å². The van der Waals surface area contributed by atoms with Crippen molar-refractivity contribution in [1.82, 2.24) is 0 Å². The molecule has 8 heteroatoms. The van der Waals surface area contributed by atoms with Crippen LogP contribution in [0, 0.1) is 29.1 Å². The van der Waals surface area contributed by atoms with E-state index in [9.17, 15) is 26.7 Å². The minimum Gasteiger partial charge on any atom is -0.396 e. The van der Waals surface area contributed by atoms with Crippen molar-refractivity contribution in [2.75, 3.05) is 11.1 Å². The molecule has 0 bridgehead atoms. The summed E-state index contributed by atoms with van der Waals surface area (Å²) in [5.74, 6) is -8.13. The zero-order valence-corrected chi connectivity index (χ0v) is 10.2. The third-order valence-electron chi connectivity index (χ3n) is 2.55. The van der Waals surface area contributed by atoms with E-state index < -0.39 is 51.9 Å². The van der Waals surface area contributed by atoms with Crippen molar-refractivity contribution in [2.45, 2.75) is 0 Å². The van der Waals surface area contributed by atoms with Crippen LogP contribution in [0.2, 0.25) is 0 Å².